The topological polar surface area (TPSA) is 0 Å². The summed E-state index contributed by atoms with van der Waals surface area (Å²) in [7, 11) is 0. The van der Waals surface area contributed by atoms with Crippen molar-refractivity contribution < 1.29 is 4.39 Å². The maximum atomic E-state index is 12.7. The Morgan fingerprint density at radius 2 is 2.17 bits per heavy atom. The molecule has 0 aromatic heterocycles. The summed E-state index contributed by atoms with van der Waals surface area (Å²) in [5.41, 5.74) is 0.989. The van der Waals surface area contributed by atoms with E-state index in [0.717, 1.165) is 10.9 Å². The van der Waals surface area contributed by atoms with Crippen LogP contribution in [0.2, 0.25) is 0 Å². The van der Waals surface area contributed by atoms with E-state index in [1.807, 2.05) is 12.2 Å². The third-order valence-corrected chi connectivity index (χ3v) is 2.32. The van der Waals surface area contributed by atoms with Crippen LogP contribution >= 0.6 is 31.9 Å². The zero-order chi connectivity index (χ0) is 8.97. The van der Waals surface area contributed by atoms with Gasteiger partial charge in [0.1, 0.15) is 5.82 Å². The summed E-state index contributed by atoms with van der Waals surface area (Å²) >= 11 is 6.38. The van der Waals surface area contributed by atoms with Crippen molar-refractivity contribution in [3.8, 4) is 0 Å². The van der Waals surface area contributed by atoms with Gasteiger partial charge in [0.15, 0.2) is 0 Å². The number of rotatable bonds is 2. The van der Waals surface area contributed by atoms with Crippen LogP contribution in [0.15, 0.2) is 28.7 Å². The third kappa shape index (κ3) is 2.72. The van der Waals surface area contributed by atoms with Gasteiger partial charge < -0.3 is 0 Å². The van der Waals surface area contributed by atoms with Gasteiger partial charge in [-0.25, -0.2) is 4.39 Å². The maximum absolute atomic E-state index is 12.7. The first-order valence-corrected chi connectivity index (χ1v) is 5.33. The van der Waals surface area contributed by atoms with Crippen molar-refractivity contribution in [2.45, 2.75) is 0 Å². The second-order valence-corrected chi connectivity index (χ2v) is 3.73. The van der Waals surface area contributed by atoms with Gasteiger partial charge in [0, 0.05) is 5.33 Å². The van der Waals surface area contributed by atoms with Crippen molar-refractivity contribution in [3.63, 3.8) is 0 Å². The molecule has 1 aromatic rings. The minimum Gasteiger partial charge on any atom is -0.206 e. The molecule has 3 heteroatoms. The lowest BCUT2D eigenvalue weighted by Crippen LogP contribution is -1.78. The van der Waals surface area contributed by atoms with E-state index in [4.69, 9.17) is 0 Å². The maximum Gasteiger partial charge on any atom is 0.137 e. The normalized spacial score (nSPS) is 10.9. The first-order chi connectivity index (χ1) is 5.74. The Hall–Kier alpha value is -0.150. The molecule has 0 aliphatic carbocycles. The number of allylic oxidation sites excluding steroid dienone is 1. The average molecular weight is 294 g/mol. The second-order valence-electron chi connectivity index (χ2n) is 2.23. The van der Waals surface area contributed by atoms with E-state index < -0.39 is 0 Å². The fourth-order valence-electron chi connectivity index (χ4n) is 0.797. The summed E-state index contributed by atoms with van der Waals surface area (Å²) in [5.74, 6) is -0.231. The van der Waals surface area contributed by atoms with Crippen LogP contribution in [0.5, 0.6) is 0 Å². The molecular formula is C9H7Br2F. The van der Waals surface area contributed by atoms with Crippen LogP contribution in [0.1, 0.15) is 5.56 Å². The minimum atomic E-state index is -0.231. The van der Waals surface area contributed by atoms with Gasteiger partial charge in [0.2, 0.25) is 0 Å². The van der Waals surface area contributed by atoms with Crippen molar-refractivity contribution in [1.29, 1.82) is 0 Å². The van der Waals surface area contributed by atoms with Crippen molar-refractivity contribution in [2.24, 2.45) is 0 Å². The Kier molecular flexibility index (Phi) is 3.95. The summed E-state index contributed by atoms with van der Waals surface area (Å²) in [4.78, 5) is 0. The number of halogens is 3. The van der Waals surface area contributed by atoms with Crippen molar-refractivity contribution >= 4 is 37.9 Å². The standard InChI is InChI=1S/C9H7Br2F/c10-5-1-2-7-3-4-9(12)8(11)6-7/h1-4,6H,5H2/b2-1+. The third-order valence-electron chi connectivity index (χ3n) is 1.34. The van der Waals surface area contributed by atoms with Crippen molar-refractivity contribution in [2.75, 3.05) is 5.33 Å². The van der Waals surface area contributed by atoms with Crippen LogP contribution in [0.4, 0.5) is 4.39 Å². The SMILES string of the molecule is Fc1ccc(/C=C/CBr)cc1Br. The van der Waals surface area contributed by atoms with Gasteiger partial charge in [-0.3, -0.25) is 0 Å². The molecule has 0 saturated carbocycles. The summed E-state index contributed by atoms with van der Waals surface area (Å²) in [5, 5.41) is 0.808. The van der Waals surface area contributed by atoms with E-state index in [1.54, 1.807) is 12.1 Å². The van der Waals surface area contributed by atoms with E-state index in [0.29, 0.717) is 4.47 Å². The molecule has 0 unspecified atom stereocenters. The Morgan fingerprint density at radius 3 is 2.75 bits per heavy atom. The lowest BCUT2D eigenvalue weighted by molar-refractivity contribution is 0.621. The molecule has 1 aromatic carbocycles. The van der Waals surface area contributed by atoms with E-state index in [1.165, 1.54) is 6.07 Å². The Labute approximate surface area is 87.7 Å². The molecule has 64 valence electrons. The zero-order valence-electron chi connectivity index (χ0n) is 6.23. The van der Waals surface area contributed by atoms with Crippen molar-refractivity contribution in [3.05, 3.63) is 40.1 Å². The predicted octanol–water partition coefficient (Wildman–Crippen LogP) is 4.00. The quantitative estimate of drug-likeness (QED) is 0.723. The van der Waals surface area contributed by atoms with Gasteiger partial charge in [-0.05, 0) is 33.6 Å². The molecule has 0 amide bonds. The van der Waals surface area contributed by atoms with Crippen LogP contribution < -0.4 is 0 Å². The van der Waals surface area contributed by atoms with Crippen LogP contribution in [-0.4, -0.2) is 5.33 Å². The molecule has 1 rings (SSSR count). The summed E-state index contributed by atoms with van der Waals surface area (Å²) in [6.07, 6.45) is 3.89. The molecule has 0 saturated heterocycles. The fourth-order valence-corrected chi connectivity index (χ4v) is 1.38. The molecular weight excluding hydrogens is 287 g/mol. The van der Waals surface area contributed by atoms with Gasteiger partial charge in [-0.15, -0.1) is 0 Å². The Balaban J connectivity index is 2.89. The molecule has 0 nitrogen and oxygen atoms in total. The summed E-state index contributed by atoms with van der Waals surface area (Å²) < 4.78 is 13.2. The molecule has 0 aliphatic heterocycles. The minimum absolute atomic E-state index is 0.231. The molecule has 0 fully saturated rings. The van der Waals surface area contributed by atoms with Crippen LogP contribution in [0.3, 0.4) is 0 Å². The zero-order valence-corrected chi connectivity index (χ0v) is 9.40. The predicted molar refractivity (Wildman–Crippen MR) is 56.9 cm³/mol. The molecule has 0 N–H and O–H groups in total. The second kappa shape index (κ2) is 4.77. The summed E-state index contributed by atoms with van der Waals surface area (Å²) in [6, 6.07) is 4.92. The fraction of sp³-hybridized carbons (Fsp3) is 0.111. The Bertz CT molecular complexity index is 295. The molecule has 0 bridgehead atoms. The highest BCUT2D eigenvalue weighted by atomic mass is 79.9. The van der Waals surface area contributed by atoms with Crippen molar-refractivity contribution in [1.82, 2.24) is 0 Å². The van der Waals surface area contributed by atoms with Crippen LogP contribution in [-0.2, 0) is 0 Å². The molecule has 0 spiro atoms. The molecule has 0 heterocycles. The van der Waals surface area contributed by atoms with Gasteiger partial charge in [0.05, 0.1) is 4.47 Å². The highest BCUT2D eigenvalue weighted by molar-refractivity contribution is 9.10. The van der Waals surface area contributed by atoms with Gasteiger partial charge in [0.25, 0.3) is 0 Å². The highest BCUT2D eigenvalue weighted by Gasteiger charge is 1.96. The van der Waals surface area contributed by atoms with E-state index >= 15 is 0 Å². The number of alkyl halides is 1. The van der Waals surface area contributed by atoms with E-state index in [2.05, 4.69) is 31.9 Å². The molecule has 0 radical (unpaired) electrons. The Morgan fingerprint density at radius 1 is 1.42 bits per heavy atom. The van der Waals surface area contributed by atoms with E-state index in [9.17, 15) is 4.39 Å². The highest BCUT2D eigenvalue weighted by Crippen LogP contribution is 2.17. The lowest BCUT2D eigenvalue weighted by Gasteiger charge is -1.95. The average Bonchev–Trinajstić information content (AvgIpc) is 2.07. The largest absolute Gasteiger partial charge is 0.206 e. The molecule has 12 heavy (non-hydrogen) atoms. The number of hydrogen-bond donors (Lipinski definition) is 0. The lowest BCUT2D eigenvalue weighted by atomic mass is 10.2. The molecule has 0 atom stereocenters. The summed E-state index contributed by atoms with van der Waals surface area (Å²) in [6.45, 7) is 0. The van der Waals surface area contributed by atoms with E-state index in [-0.39, 0.29) is 5.82 Å². The number of hydrogen-bond acceptors (Lipinski definition) is 0. The van der Waals surface area contributed by atoms with Gasteiger partial charge in [-0.2, -0.15) is 0 Å². The van der Waals surface area contributed by atoms with Gasteiger partial charge in [-0.1, -0.05) is 34.1 Å². The first-order valence-electron chi connectivity index (χ1n) is 3.41. The monoisotopic (exact) mass is 292 g/mol. The smallest absolute Gasteiger partial charge is 0.137 e. The number of benzene rings is 1. The van der Waals surface area contributed by atoms with Crippen LogP contribution in [0.25, 0.3) is 6.08 Å². The first kappa shape index (κ1) is 9.93. The molecule has 0 aliphatic rings. The van der Waals surface area contributed by atoms with Crippen LogP contribution in [0, 0.1) is 5.82 Å². The van der Waals surface area contributed by atoms with Gasteiger partial charge >= 0.3 is 0 Å².